The molecule has 0 bridgehead atoms. The van der Waals surface area contributed by atoms with Gasteiger partial charge in [0.2, 0.25) is 0 Å². The normalized spacial score (nSPS) is 16.3. The monoisotopic (exact) mass is 366 g/mol. The zero-order chi connectivity index (χ0) is 18.2. The van der Waals surface area contributed by atoms with Crippen molar-refractivity contribution in [3.8, 4) is 17.2 Å². The number of benzene rings is 1. The van der Waals surface area contributed by atoms with E-state index in [0.717, 1.165) is 18.2 Å². The van der Waals surface area contributed by atoms with Gasteiger partial charge in [-0.2, -0.15) is 0 Å². The van der Waals surface area contributed by atoms with E-state index in [9.17, 15) is 9.00 Å². The third kappa shape index (κ3) is 3.06. The number of rotatable bonds is 7. The molecule has 0 unspecified atom stereocenters. The van der Waals surface area contributed by atoms with Gasteiger partial charge >= 0.3 is 0 Å². The molecule has 1 saturated carbocycles. The van der Waals surface area contributed by atoms with Crippen molar-refractivity contribution >= 4 is 27.6 Å². The van der Waals surface area contributed by atoms with Crippen LogP contribution in [0.25, 0.3) is 10.9 Å². The number of fused-ring (bicyclic) bond motifs is 1. The van der Waals surface area contributed by atoms with Gasteiger partial charge < -0.3 is 24.5 Å². The number of ether oxygens (including phenoxy) is 3. The van der Waals surface area contributed by atoms with Gasteiger partial charge in [-0.15, -0.1) is 0 Å². The van der Waals surface area contributed by atoms with Crippen molar-refractivity contribution in [2.75, 3.05) is 34.1 Å². The molecule has 1 fully saturated rings. The second kappa shape index (κ2) is 6.59. The van der Waals surface area contributed by atoms with E-state index < -0.39 is 10.8 Å². The van der Waals surface area contributed by atoms with E-state index in [4.69, 9.17) is 14.2 Å². The molecule has 1 aliphatic rings. The first-order chi connectivity index (χ1) is 12.0. The highest BCUT2D eigenvalue weighted by Gasteiger charge is 2.46. The molecule has 136 valence electrons. The van der Waals surface area contributed by atoms with Crippen molar-refractivity contribution < 1.29 is 23.2 Å². The lowest BCUT2D eigenvalue weighted by Crippen LogP contribution is -2.35. The third-order valence-corrected chi connectivity index (χ3v) is 6.45. The third-order valence-electron chi connectivity index (χ3n) is 4.67. The van der Waals surface area contributed by atoms with Crippen LogP contribution in [0, 0.1) is 0 Å². The van der Waals surface area contributed by atoms with Crippen molar-refractivity contribution in [1.29, 1.82) is 0 Å². The summed E-state index contributed by atoms with van der Waals surface area (Å²) in [5.41, 5.74) is 1.02. The average molecular weight is 366 g/mol. The highest BCUT2D eigenvalue weighted by atomic mass is 32.2. The van der Waals surface area contributed by atoms with Gasteiger partial charge in [0, 0.05) is 35.1 Å². The summed E-state index contributed by atoms with van der Waals surface area (Å²) in [5, 5.41) is 3.60. The zero-order valence-corrected chi connectivity index (χ0v) is 15.5. The predicted molar refractivity (Wildman–Crippen MR) is 96.3 cm³/mol. The van der Waals surface area contributed by atoms with Crippen molar-refractivity contribution in [2.45, 2.75) is 17.6 Å². The molecule has 7 nitrogen and oxygen atoms in total. The summed E-state index contributed by atoms with van der Waals surface area (Å²) in [6, 6.07) is 3.43. The maximum absolute atomic E-state index is 12.5. The van der Waals surface area contributed by atoms with E-state index in [1.165, 1.54) is 7.11 Å². The van der Waals surface area contributed by atoms with Crippen molar-refractivity contribution in [3.63, 3.8) is 0 Å². The number of hydrogen-bond acceptors (Lipinski definition) is 5. The molecule has 0 saturated heterocycles. The second-order valence-electron chi connectivity index (χ2n) is 6.11. The van der Waals surface area contributed by atoms with Gasteiger partial charge in [-0.1, -0.05) is 0 Å². The molecular formula is C17H22N2O5S. The Balaban J connectivity index is 1.92. The lowest BCUT2D eigenvalue weighted by atomic mass is 10.2. The summed E-state index contributed by atoms with van der Waals surface area (Å²) in [7, 11) is 3.69. The van der Waals surface area contributed by atoms with Crippen LogP contribution < -0.4 is 19.5 Å². The predicted octanol–water partition coefficient (Wildman–Crippen LogP) is 1.83. The molecule has 2 aromatic rings. The smallest absolute Gasteiger partial charge is 0.267 e. The molecule has 0 aliphatic heterocycles. The number of amides is 1. The summed E-state index contributed by atoms with van der Waals surface area (Å²) in [5.74, 6) is 1.34. The van der Waals surface area contributed by atoms with Crippen LogP contribution in [0.2, 0.25) is 0 Å². The van der Waals surface area contributed by atoms with E-state index in [-0.39, 0.29) is 10.7 Å². The summed E-state index contributed by atoms with van der Waals surface area (Å²) in [6.45, 7) is 0.405. The molecule has 0 spiro atoms. The summed E-state index contributed by atoms with van der Waals surface area (Å²) >= 11 is 0. The minimum absolute atomic E-state index is 0.254. The minimum atomic E-state index is -0.948. The maximum atomic E-state index is 12.5. The fourth-order valence-corrected chi connectivity index (χ4v) is 3.85. The standard InChI is InChI=1S/C17H22N2O5S/c1-22-12-8-13(23-2)15(24-3)14-10(12)7-11(19-14)16(20)18-9-17(5-6-17)25(4)21/h7-8,19H,5-6,9H2,1-4H3,(H,18,20)/t25-/m0/s1. The van der Waals surface area contributed by atoms with Crippen molar-refractivity contribution in [2.24, 2.45) is 0 Å². The van der Waals surface area contributed by atoms with Crippen molar-refractivity contribution in [3.05, 3.63) is 17.8 Å². The minimum Gasteiger partial charge on any atom is -0.496 e. The molecule has 1 aromatic heterocycles. The van der Waals surface area contributed by atoms with Gasteiger partial charge in [-0.25, -0.2) is 0 Å². The topological polar surface area (TPSA) is 89.6 Å². The van der Waals surface area contributed by atoms with E-state index >= 15 is 0 Å². The van der Waals surface area contributed by atoms with Crippen LogP contribution in [-0.2, 0) is 10.8 Å². The molecular weight excluding hydrogens is 344 g/mol. The molecule has 8 heteroatoms. The lowest BCUT2D eigenvalue weighted by molar-refractivity contribution is 0.0949. The highest BCUT2D eigenvalue weighted by molar-refractivity contribution is 7.86. The fourth-order valence-electron chi connectivity index (χ4n) is 2.90. The van der Waals surface area contributed by atoms with Crippen LogP contribution in [0.1, 0.15) is 23.3 Å². The maximum Gasteiger partial charge on any atom is 0.267 e. The van der Waals surface area contributed by atoms with Crippen LogP contribution in [-0.4, -0.2) is 54.0 Å². The number of hydrogen-bond donors (Lipinski definition) is 2. The van der Waals surface area contributed by atoms with Crippen LogP contribution >= 0.6 is 0 Å². The molecule has 3 rings (SSSR count). The fraction of sp³-hybridized carbons (Fsp3) is 0.471. The Labute approximate surface area is 148 Å². The molecule has 1 heterocycles. The number of nitrogens with one attached hydrogen (secondary N) is 2. The largest absolute Gasteiger partial charge is 0.496 e. The SMILES string of the molecule is COc1cc(OC)c2cc(C(=O)NCC3([S@](C)=O)CC3)[nH]c2c1OC. The highest BCUT2D eigenvalue weighted by Crippen LogP contribution is 2.42. The quantitative estimate of drug-likeness (QED) is 0.780. The Morgan fingerprint density at radius 2 is 1.88 bits per heavy atom. The van der Waals surface area contributed by atoms with Gasteiger partial charge in [-0.05, 0) is 18.9 Å². The summed E-state index contributed by atoms with van der Waals surface area (Å²) in [6.07, 6.45) is 3.44. The number of H-pyrrole nitrogens is 1. The van der Waals surface area contributed by atoms with Gasteiger partial charge in [-0.3, -0.25) is 9.00 Å². The molecule has 2 N–H and O–H groups in total. The van der Waals surface area contributed by atoms with Crippen LogP contribution in [0.3, 0.4) is 0 Å². The Morgan fingerprint density at radius 3 is 2.40 bits per heavy atom. The number of aromatic amines is 1. The second-order valence-corrected chi connectivity index (χ2v) is 7.88. The zero-order valence-electron chi connectivity index (χ0n) is 14.7. The number of aromatic nitrogens is 1. The number of carbonyl (C=O) groups is 1. The van der Waals surface area contributed by atoms with Gasteiger partial charge in [0.15, 0.2) is 11.5 Å². The Bertz CT molecular complexity index is 841. The van der Waals surface area contributed by atoms with E-state index in [0.29, 0.717) is 35.0 Å². The summed E-state index contributed by atoms with van der Waals surface area (Å²) in [4.78, 5) is 15.6. The van der Waals surface area contributed by atoms with E-state index in [1.807, 2.05) is 0 Å². The molecule has 1 aliphatic carbocycles. The van der Waals surface area contributed by atoms with Gasteiger partial charge in [0.25, 0.3) is 5.91 Å². The van der Waals surface area contributed by atoms with Crippen molar-refractivity contribution in [1.82, 2.24) is 10.3 Å². The molecule has 1 amide bonds. The summed E-state index contributed by atoms with van der Waals surface area (Å²) < 4.78 is 27.6. The molecule has 1 atom stereocenters. The molecule has 0 radical (unpaired) electrons. The number of methoxy groups -OCH3 is 3. The Kier molecular flexibility index (Phi) is 4.64. The first-order valence-corrected chi connectivity index (χ1v) is 9.45. The van der Waals surface area contributed by atoms with Gasteiger partial charge in [0.1, 0.15) is 11.4 Å². The van der Waals surface area contributed by atoms with E-state index in [2.05, 4.69) is 10.3 Å². The van der Waals surface area contributed by atoms with Crippen LogP contribution in [0.4, 0.5) is 0 Å². The lowest BCUT2D eigenvalue weighted by Gasteiger charge is -2.12. The Morgan fingerprint density at radius 1 is 1.20 bits per heavy atom. The van der Waals surface area contributed by atoms with Gasteiger partial charge in [0.05, 0.1) is 31.6 Å². The van der Waals surface area contributed by atoms with E-state index in [1.54, 1.807) is 32.6 Å². The first-order valence-electron chi connectivity index (χ1n) is 7.89. The molecule has 1 aromatic carbocycles. The first kappa shape index (κ1) is 17.6. The molecule has 25 heavy (non-hydrogen) atoms. The Hall–Kier alpha value is -2.22. The van der Waals surface area contributed by atoms with Crippen LogP contribution in [0.15, 0.2) is 12.1 Å². The average Bonchev–Trinajstić information content (AvgIpc) is 3.28. The van der Waals surface area contributed by atoms with Crippen LogP contribution in [0.5, 0.6) is 17.2 Å². The number of carbonyl (C=O) groups excluding carboxylic acids is 1.